The monoisotopic (exact) mass is 431 g/mol. The number of phenolic OH excluding ortho intramolecular Hbond substituents is 1. The number of furan rings is 1. The minimum Gasteiger partial charge on any atom is -0.508 e. The molecule has 0 saturated carbocycles. The molecule has 154 valence electrons. The number of pyridine rings is 1. The summed E-state index contributed by atoms with van der Waals surface area (Å²) in [7, 11) is 0. The van der Waals surface area contributed by atoms with E-state index in [0.717, 1.165) is 16.9 Å². The van der Waals surface area contributed by atoms with Crippen molar-refractivity contribution in [3.05, 3.63) is 102 Å². The molecule has 4 aromatic rings. The number of nitrogens with zero attached hydrogens (tertiary/aromatic N) is 2. The lowest BCUT2D eigenvalue weighted by molar-refractivity contribution is 0.439. The predicted octanol–water partition coefficient (Wildman–Crippen LogP) is 5.36. The Balaban J connectivity index is 1.59. The van der Waals surface area contributed by atoms with Crippen LogP contribution in [0.3, 0.4) is 0 Å². The van der Waals surface area contributed by atoms with E-state index in [9.17, 15) is 9.50 Å². The second-order valence-corrected chi connectivity index (χ2v) is 7.61. The van der Waals surface area contributed by atoms with Crippen molar-refractivity contribution in [1.29, 1.82) is 0 Å². The van der Waals surface area contributed by atoms with E-state index >= 15 is 0 Å². The Morgan fingerprint density at radius 3 is 2.45 bits per heavy atom. The van der Waals surface area contributed by atoms with Crippen LogP contribution in [0.2, 0.25) is 0 Å². The van der Waals surface area contributed by atoms with Gasteiger partial charge in [0.15, 0.2) is 5.11 Å². The van der Waals surface area contributed by atoms with Crippen LogP contribution in [0.5, 0.6) is 5.75 Å². The Hall–Kier alpha value is -3.71. The van der Waals surface area contributed by atoms with Gasteiger partial charge in [0, 0.05) is 17.4 Å². The molecule has 2 aromatic heterocycles. The number of hydrogen-bond donors (Lipinski definition) is 2. The van der Waals surface area contributed by atoms with Crippen molar-refractivity contribution >= 4 is 23.0 Å². The van der Waals surface area contributed by atoms with Crippen molar-refractivity contribution in [3.63, 3.8) is 0 Å². The standard InChI is InChI=1S/C24H18FN3O2S/c25-16-6-4-15(5-7-16)20-12-13-21(30-20)23-22(19-3-1-2-14-26-19)27-24(31)28(23)17-8-10-18(29)11-9-17/h1-14,22-23,29H,(H,27,31)/t22-,23+/m0/s1. The van der Waals surface area contributed by atoms with Gasteiger partial charge < -0.3 is 19.7 Å². The molecule has 0 unspecified atom stereocenters. The second kappa shape index (κ2) is 7.85. The molecule has 0 amide bonds. The van der Waals surface area contributed by atoms with E-state index in [0.29, 0.717) is 16.6 Å². The average molecular weight is 431 g/mol. The third-order valence-electron chi connectivity index (χ3n) is 5.27. The summed E-state index contributed by atoms with van der Waals surface area (Å²) in [6.45, 7) is 0. The lowest BCUT2D eigenvalue weighted by Gasteiger charge is -2.26. The topological polar surface area (TPSA) is 61.5 Å². The molecule has 31 heavy (non-hydrogen) atoms. The van der Waals surface area contributed by atoms with Crippen LogP contribution in [0.4, 0.5) is 10.1 Å². The largest absolute Gasteiger partial charge is 0.508 e. The zero-order chi connectivity index (χ0) is 21.4. The molecule has 1 aliphatic rings. The summed E-state index contributed by atoms with van der Waals surface area (Å²) >= 11 is 5.67. The quantitative estimate of drug-likeness (QED) is 0.424. The fourth-order valence-corrected chi connectivity index (χ4v) is 4.16. The number of anilines is 1. The van der Waals surface area contributed by atoms with E-state index in [1.54, 1.807) is 42.6 Å². The molecular weight excluding hydrogens is 413 g/mol. The van der Waals surface area contributed by atoms with Gasteiger partial charge in [0.1, 0.15) is 29.1 Å². The van der Waals surface area contributed by atoms with E-state index in [1.807, 2.05) is 35.2 Å². The fraction of sp³-hybridized carbons (Fsp3) is 0.0833. The van der Waals surface area contributed by atoms with Crippen LogP contribution >= 0.6 is 12.2 Å². The van der Waals surface area contributed by atoms with Gasteiger partial charge in [0.25, 0.3) is 0 Å². The summed E-state index contributed by atoms with van der Waals surface area (Å²) in [5.41, 5.74) is 2.43. The van der Waals surface area contributed by atoms with Gasteiger partial charge in [0.2, 0.25) is 0 Å². The highest BCUT2D eigenvalue weighted by Gasteiger charge is 2.42. The summed E-state index contributed by atoms with van der Waals surface area (Å²) in [6.07, 6.45) is 1.74. The van der Waals surface area contributed by atoms with Gasteiger partial charge in [-0.05, 0) is 85.0 Å². The van der Waals surface area contributed by atoms with Crippen molar-refractivity contribution in [1.82, 2.24) is 10.3 Å². The number of halogens is 1. The number of benzene rings is 2. The van der Waals surface area contributed by atoms with Crippen LogP contribution in [-0.2, 0) is 0 Å². The van der Waals surface area contributed by atoms with Gasteiger partial charge in [-0.1, -0.05) is 6.07 Å². The summed E-state index contributed by atoms with van der Waals surface area (Å²) in [5, 5.41) is 13.6. The first kappa shape index (κ1) is 19.3. The highest BCUT2D eigenvalue weighted by Crippen LogP contribution is 2.43. The Bertz CT molecular complexity index is 1210. The van der Waals surface area contributed by atoms with Gasteiger partial charge in [-0.15, -0.1) is 0 Å². The Morgan fingerprint density at radius 1 is 0.968 bits per heavy atom. The van der Waals surface area contributed by atoms with E-state index in [4.69, 9.17) is 16.6 Å². The molecule has 1 fully saturated rings. The SMILES string of the molecule is Oc1ccc(N2C(=S)N[C@@H](c3ccccn3)[C@H]2c2ccc(-c3ccc(F)cc3)o2)cc1. The number of rotatable bonds is 4. The minimum absolute atomic E-state index is 0.177. The molecule has 5 nitrogen and oxygen atoms in total. The first-order valence-electron chi connectivity index (χ1n) is 9.75. The van der Waals surface area contributed by atoms with Crippen LogP contribution < -0.4 is 10.2 Å². The number of phenols is 1. The number of thiocarbonyl (C=S) groups is 1. The number of hydrogen-bond acceptors (Lipinski definition) is 4. The van der Waals surface area contributed by atoms with Crippen molar-refractivity contribution in [2.75, 3.05) is 4.90 Å². The third kappa shape index (κ3) is 3.64. The normalized spacial score (nSPS) is 18.2. The number of aromatic hydroxyl groups is 1. The summed E-state index contributed by atoms with van der Waals surface area (Å²) < 4.78 is 19.5. The molecule has 0 radical (unpaired) electrons. The van der Waals surface area contributed by atoms with E-state index in [-0.39, 0.29) is 23.7 Å². The van der Waals surface area contributed by atoms with Gasteiger partial charge in [-0.3, -0.25) is 4.98 Å². The van der Waals surface area contributed by atoms with Crippen LogP contribution in [0, 0.1) is 5.82 Å². The lowest BCUT2D eigenvalue weighted by Crippen LogP contribution is -2.29. The first-order chi connectivity index (χ1) is 15.1. The molecule has 5 rings (SSSR count). The van der Waals surface area contributed by atoms with Gasteiger partial charge >= 0.3 is 0 Å². The molecule has 0 aliphatic carbocycles. The molecule has 3 heterocycles. The highest BCUT2D eigenvalue weighted by molar-refractivity contribution is 7.80. The van der Waals surface area contributed by atoms with Crippen molar-refractivity contribution in [3.8, 4) is 17.1 Å². The molecule has 1 aliphatic heterocycles. The maximum absolute atomic E-state index is 13.3. The second-order valence-electron chi connectivity index (χ2n) is 7.22. The molecule has 0 bridgehead atoms. The fourth-order valence-electron chi connectivity index (χ4n) is 3.82. The van der Waals surface area contributed by atoms with Crippen LogP contribution in [0.1, 0.15) is 23.5 Å². The Labute approximate surface area is 183 Å². The summed E-state index contributed by atoms with van der Waals surface area (Å²) in [6, 6.07) is 22.0. The van der Waals surface area contributed by atoms with Gasteiger partial charge in [-0.25, -0.2) is 4.39 Å². The third-order valence-corrected chi connectivity index (χ3v) is 5.59. The van der Waals surface area contributed by atoms with Crippen molar-refractivity contribution < 1.29 is 13.9 Å². The van der Waals surface area contributed by atoms with E-state index in [2.05, 4.69) is 10.3 Å². The maximum atomic E-state index is 13.3. The highest BCUT2D eigenvalue weighted by atomic mass is 32.1. The van der Waals surface area contributed by atoms with E-state index < -0.39 is 0 Å². The average Bonchev–Trinajstić information content (AvgIpc) is 3.40. The minimum atomic E-state index is -0.304. The Kier molecular flexibility index (Phi) is 4.88. The van der Waals surface area contributed by atoms with Crippen molar-refractivity contribution in [2.24, 2.45) is 0 Å². The zero-order valence-electron chi connectivity index (χ0n) is 16.3. The number of aromatic nitrogens is 1. The number of nitrogens with one attached hydrogen (secondary N) is 1. The molecular formula is C24H18FN3O2S. The molecule has 2 atom stereocenters. The predicted molar refractivity (Wildman–Crippen MR) is 120 cm³/mol. The first-order valence-corrected chi connectivity index (χ1v) is 10.2. The maximum Gasteiger partial charge on any atom is 0.174 e. The molecule has 1 saturated heterocycles. The van der Waals surface area contributed by atoms with Gasteiger partial charge in [-0.2, -0.15) is 0 Å². The van der Waals surface area contributed by atoms with E-state index in [1.165, 1.54) is 12.1 Å². The van der Waals surface area contributed by atoms with Crippen LogP contribution in [0.25, 0.3) is 11.3 Å². The molecule has 0 spiro atoms. The molecule has 2 aromatic carbocycles. The molecule has 7 heteroatoms. The summed E-state index contributed by atoms with van der Waals surface area (Å²) in [4.78, 5) is 6.48. The smallest absolute Gasteiger partial charge is 0.174 e. The van der Waals surface area contributed by atoms with Gasteiger partial charge in [0.05, 0.1) is 11.7 Å². The van der Waals surface area contributed by atoms with Crippen molar-refractivity contribution in [2.45, 2.75) is 12.1 Å². The lowest BCUT2D eigenvalue weighted by atomic mass is 10.0. The molecule has 2 N–H and O–H groups in total. The zero-order valence-corrected chi connectivity index (χ0v) is 17.1. The van der Waals surface area contributed by atoms with Crippen LogP contribution in [-0.4, -0.2) is 15.2 Å². The summed E-state index contributed by atoms with van der Waals surface area (Å²) in [5.74, 6) is 1.21. The van der Waals surface area contributed by atoms with Crippen LogP contribution in [0.15, 0.2) is 89.5 Å². The Morgan fingerprint density at radius 2 is 1.74 bits per heavy atom.